The van der Waals surface area contributed by atoms with Crippen LogP contribution in [-0.4, -0.2) is 5.11 Å². The molecule has 0 aliphatic carbocycles. The quantitative estimate of drug-likeness (QED) is 0.649. The van der Waals surface area contributed by atoms with Gasteiger partial charge in [-0.25, -0.2) is 4.39 Å². The van der Waals surface area contributed by atoms with E-state index in [1.807, 2.05) is 6.07 Å². The number of nitrogen functional groups attached to an aromatic ring is 1. The molecule has 2 aromatic rings. The molecular formula is C12H12FNO. The second-order valence-corrected chi connectivity index (χ2v) is 2.89. The third-order valence-electron chi connectivity index (χ3n) is 1.63. The van der Waals surface area contributed by atoms with Crippen molar-refractivity contribution in [3.63, 3.8) is 0 Å². The summed E-state index contributed by atoms with van der Waals surface area (Å²) in [6.07, 6.45) is 0. The van der Waals surface area contributed by atoms with Crippen molar-refractivity contribution < 1.29 is 9.50 Å². The van der Waals surface area contributed by atoms with E-state index < -0.39 is 0 Å². The van der Waals surface area contributed by atoms with Gasteiger partial charge in [-0.15, -0.1) is 0 Å². The Morgan fingerprint density at radius 2 is 1.40 bits per heavy atom. The number of halogens is 1. The normalized spacial score (nSPS) is 8.87. The monoisotopic (exact) mass is 205 g/mol. The van der Waals surface area contributed by atoms with Crippen LogP contribution in [0.15, 0.2) is 54.6 Å². The number of hydrogen-bond donors (Lipinski definition) is 2. The average molecular weight is 205 g/mol. The molecule has 78 valence electrons. The number of phenolic OH excluding ortho intramolecular Hbond substituents is 1. The van der Waals surface area contributed by atoms with Gasteiger partial charge >= 0.3 is 0 Å². The zero-order chi connectivity index (χ0) is 11.1. The summed E-state index contributed by atoms with van der Waals surface area (Å²) in [6.45, 7) is 0. The minimum atomic E-state index is -0.251. The summed E-state index contributed by atoms with van der Waals surface area (Å²) in [4.78, 5) is 0. The molecule has 2 nitrogen and oxygen atoms in total. The Labute approximate surface area is 87.8 Å². The maximum atomic E-state index is 12.0. The number of phenols is 1. The Bertz CT molecular complexity index is 365. The first-order valence-corrected chi connectivity index (χ1v) is 4.43. The molecule has 3 N–H and O–H groups in total. The summed E-state index contributed by atoms with van der Waals surface area (Å²) in [5.74, 6) is 0.0710. The van der Waals surface area contributed by atoms with E-state index in [1.165, 1.54) is 24.3 Å². The fraction of sp³-hybridized carbons (Fsp3) is 0. The lowest BCUT2D eigenvalue weighted by atomic mass is 10.3. The molecule has 15 heavy (non-hydrogen) atoms. The molecule has 0 aromatic heterocycles. The van der Waals surface area contributed by atoms with Crippen molar-refractivity contribution in [2.75, 3.05) is 5.73 Å². The molecule has 0 saturated heterocycles. The van der Waals surface area contributed by atoms with Crippen molar-refractivity contribution in [2.24, 2.45) is 0 Å². The zero-order valence-electron chi connectivity index (χ0n) is 8.10. The van der Waals surface area contributed by atoms with Gasteiger partial charge in [0.1, 0.15) is 11.6 Å². The van der Waals surface area contributed by atoms with Crippen LogP contribution in [-0.2, 0) is 0 Å². The lowest BCUT2D eigenvalue weighted by molar-refractivity contribution is 0.475. The molecule has 0 amide bonds. The van der Waals surface area contributed by atoms with E-state index in [1.54, 1.807) is 24.3 Å². The number of rotatable bonds is 0. The van der Waals surface area contributed by atoms with E-state index >= 15 is 0 Å². The molecule has 0 spiro atoms. The summed E-state index contributed by atoms with van der Waals surface area (Å²) in [5, 5.41) is 8.63. The molecule has 0 atom stereocenters. The van der Waals surface area contributed by atoms with E-state index in [4.69, 9.17) is 10.8 Å². The van der Waals surface area contributed by atoms with Gasteiger partial charge in [-0.05, 0) is 36.4 Å². The average Bonchev–Trinajstić information content (AvgIpc) is 2.25. The van der Waals surface area contributed by atoms with Crippen molar-refractivity contribution in [3.05, 3.63) is 60.4 Å². The van der Waals surface area contributed by atoms with E-state index in [-0.39, 0.29) is 5.82 Å². The number of anilines is 1. The van der Waals surface area contributed by atoms with Crippen LogP contribution in [0, 0.1) is 5.82 Å². The number of aromatic hydroxyl groups is 1. The summed E-state index contributed by atoms with van der Waals surface area (Å²) in [7, 11) is 0. The summed E-state index contributed by atoms with van der Waals surface area (Å²) < 4.78 is 12.0. The molecule has 2 aromatic carbocycles. The van der Waals surface area contributed by atoms with Crippen LogP contribution in [0.4, 0.5) is 10.1 Å². The lowest BCUT2D eigenvalue weighted by Gasteiger charge is -1.87. The molecule has 0 aliphatic heterocycles. The van der Waals surface area contributed by atoms with Crippen LogP contribution >= 0.6 is 0 Å². The largest absolute Gasteiger partial charge is 0.508 e. The second kappa shape index (κ2) is 5.65. The van der Waals surface area contributed by atoms with Gasteiger partial charge in [0.15, 0.2) is 0 Å². The molecule has 0 aliphatic rings. The highest BCUT2D eigenvalue weighted by Gasteiger charge is 1.84. The number of hydrogen-bond acceptors (Lipinski definition) is 2. The van der Waals surface area contributed by atoms with Gasteiger partial charge in [-0.1, -0.05) is 18.2 Å². The minimum absolute atomic E-state index is 0.251. The topological polar surface area (TPSA) is 46.2 Å². The van der Waals surface area contributed by atoms with Gasteiger partial charge in [-0.3, -0.25) is 0 Å². The van der Waals surface area contributed by atoms with Crippen molar-refractivity contribution in [1.29, 1.82) is 0 Å². The summed E-state index contributed by atoms with van der Waals surface area (Å²) in [5.41, 5.74) is 5.85. The standard InChI is InChI=1S/C6H6FN.C6H6O/c7-5-1-3-6(8)4-2-5;7-6-4-2-1-3-5-6/h1-4H,8H2;1-5,7H. The number of nitrogens with two attached hydrogens (primary N) is 1. The Hall–Kier alpha value is -2.03. The predicted octanol–water partition coefficient (Wildman–Crippen LogP) is 2.80. The van der Waals surface area contributed by atoms with Gasteiger partial charge in [0.2, 0.25) is 0 Å². The predicted molar refractivity (Wildman–Crippen MR) is 58.9 cm³/mol. The van der Waals surface area contributed by atoms with Crippen LogP contribution < -0.4 is 5.73 Å². The molecule has 2 rings (SSSR count). The number of para-hydroxylation sites is 1. The molecular weight excluding hydrogens is 193 g/mol. The lowest BCUT2D eigenvalue weighted by Crippen LogP contribution is -1.82. The van der Waals surface area contributed by atoms with E-state index in [9.17, 15) is 4.39 Å². The highest BCUT2D eigenvalue weighted by Crippen LogP contribution is 2.03. The third kappa shape index (κ3) is 4.67. The Morgan fingerprint density at radius 3 is 1.73 bits per heavy atom. The van der Waals surface area contributed by atoms with Crippen LogP contribution in [0.25, 0.3) is 0 Å². The van der Waals surface area contributed by atoms with Gasteiger partial charge in [0.25, 0.3) is 0 Å². The van der Waals surface area contributed by atoms with Crippen LogP contribution in [0.3, 0.4) is 0 Å². The van der Waals surface area contributed by atoms with Gasteiger partial charge in [0.05, 0.1) is 0 Å². The van der Waals surface area contributed by atoms with E-state index in [2.05, 4.69) is 0 Å². The Morgan fingerprint density at radius 1 is 0.867 bits per heavy atom. The third-order valence-corrected chi connectivity index (χ3v) is 1.63. The first-order chi connectivity index (χ1) is 7.18. The highest BCUT2D eigenvalue weighted by molar-refractivity contribution is 5.36. The van der Waals surface area contributed by atoms with Crippen LogP contribution in [0.2, 0.25) is 0 Å². The second-order valence-electron chi connectivity index (χ2n) is 2.89. The van der Waals surface area contributed by atoms with E-state index in [0.717, 1.165) is 0 Å². The molecule has 0 fully saturated rings. The summed E-state index contributed by atoms with van der Waals surface area (Å²) in [6, 6.07) is 14.4. The smallest absolute Gasteiger partial charge is 0.123 e. The first kappa shape index (κ1) is 11.0. The Balaban J connectivity index is 0.000000151. The maximum absolute atomic E-state index is 12.0. The fourth-order valence-corrected chi connectivity index (χ4v) is 0.891. The molecule has 3 heteroatoms. The van der Waals surface area contributed by atoms with Crippen molar-refractivity contribution in [1.82, 2.24) is 0 Å². The molecule has 0 bridgehead atoms. The van der Waals surface area contributed by atoms with Crippen molar-refractivity contribution >= 4 is 5.69 Å². The molecule has 0 radical (unpaired) electrons. The van der Waals surface area contributed by atoms with Gasteiger partial charge in [0, 0.05) is 5.69 Å². The van der Waals surface area contributed by atoms with Gasteiger partial charge in [-0.2, -0.15) is 0 Å². The first-order valence-electron chi connectivity index (χ1n) is 4.43. The maximum Gasteiger partial charge on any atom is 0.123 e. The molecule has 0 saturated carbocycles. The van der Waals surface area contributed by atoms with E-state index in [0.29, 0.717) is 11.4 Å². The highest BCUT2D eigenvalue weighted by atomic mass is 19.1. The minimum Gasteiger partial charge on any atom is -0.508 e. The SMILES string of the molecule is Nc1ccc(F)cc1.Oc1ccccc1. The number of benzene rings is 2. The van der Waals surface area contributed by atoms with Crippen LogP contribution in [0.5, 0.6) is 5.75 Å². The fourth-order valence-electron chi connectivity index (χ4n) is 0.891. The molecule has 0 heterocycles. The molecule has 0 unspecified atom stereocenters. The zero-order valence-corrected chi connectivity index (χ0v) is 8.10. The van der Waals surface area contributed by atoms with Crippen molar-refractivity contribution in [2.45, 2.75) is 0 Å². The van der Waals surface area contributed by atoms with Crippen LogP contribution in [0.1, 0.15) is 0 Å². The van der Waals surface area contributed by atoms with Crippen molar-refractivity contribution in [3.8, 4) is 5.75 Å². The Kier molecular flexibility index (Phi) is 4.16. The van der Waals surface area contributed by atoms with Gasteiger partial charge < -0.3 is 10.8 Å². The summed E-state index contributed by atoms with van der Waals surface area (Å²) >= 11 is 0.